The maximum Gasteiger partial charge on any atom is 0.251 e. The summed E-state index contributed by atoms with van der Waals surface area (Å²) in [4.78, 5) is 44.0. The molecule has 17 nitrogen and oxygen atoms in total. The molecular formula is C47H47F2N15O2. The highest BCUT2D eigenvalue weighted by atomic mass is 19.2. The molecule has 1 aliphatic carbocycles. The molecule has 11 rings (SSSR count). The van der Waals surface area contributed by atoms with Crippen LogP contribution in [-0.2, 0) is 17.9 Å². The Labute approximate surface area is 377 Å². The number of fused-ring (bicyclic) bond motifs is 3. The highest BCUT2D eigenvalue weighted by molar-refractivity contribution is 5.98. The van der Waals surface area contributed by atoms with E-state index < -0.39 is 11.6 Å². The first kappa shape index (κ1) is 41.2. The van der Waals surface area contributed by atoms with Gasteiger partial charge in [0.1, 0.15) is 40.7 Å². The van der Waals surface area contributed by atoms with Crippen LogP contribution in [0.2, 0.25) is 0 Å². The van der Waals surface area contributed by atoms with Crippen molar-refractivity contribution in [1.82, 2.24) is 58.7 Å². The number of ether oxygens (including phenoxy) is 1. The van der Waals surface area contributed by atoms with Gasteiger partial charge in [-0.15, -0.1) is 0 Å². The molecule has 0 spiro atoms. The number of likely N-dealkylation sites (N-methyl/N-ethyl adjacent to an activating group) is 1. The number of nitrogen functional groups attached to an aromatic ring is 1. The van der Waals surface area contributed by atoms with Crippen LogP contribution >= 0.6 is 0 Å². The zero-order chi connectivity index (χ0) is 45.1. The van der Waals surface area contributed by atoms with Crippen molar-refractivity contribution in [3.63, 3.8) is 0 Å². The molecular weight excluding hydrogens is 845 g/mol. The lowest BCUT2D eigenvalue weighted by atomic mass is 10.0. The van der Waals surface area contributed by atoms with Gasteiger partial charge in [-0.25, -0.2) is 28.4 Å². The summed E-state index contributed by atoms with van der Waals surface area (Å²) in [6.45, 7) is 8.39. The highest BCUT2D eigenvalue weighted by Crippen LogP contribution is 2.42. The van der Waals surface area contributed by atoms with Gasteiger partial charge in [-0.2, -0.15) is 24.7 Å². The number of aromatic nitrogens is 10. The lowest BCUT2D eigenvalue weighted by Crippen LogP contribution is -2.45. The molecule has 66 heavy (non-hydrogen) atoms. The third kappa shape index (κ3) is 7.67. The predicted molar refractivity (Wildman–Crippen MR) is 245 cm³/mol. The Balaban J connectivity index is 0.849. The minimum atomic E-state index is -1.07. The van der Waals surface area contributed by atoms with Crippen LogP contribution in [0.5, 0.6) is 11.5 Å². The summed E-state index contributed by atoms with van der Waals surface area (Å²) in [7, 11) is 2.10. The number of benzene rings is 3. The van der Waals surface area contributed by atoms with Crippen molar-refractivity contribution < 1.29 is 18.3 Å². The first-order valence-electron chi connectivity index (χ1n) is 22.2. The Bertz CT molecular complexity index is 3140. The molecule has 0 unspecified atom stereocenters. The van der Waals surface area contributed by atoms with Crippen LogP contribution in [0, 0.1) is 11.6 Å². The fraction of sp³-hybridized carbons (Fsp3) is 0.319. The van der Waals surface area contributed by atoms with Gasteiger partial charge in [0.25, 0.3) is 5.91 Å². The van der Waals surface area contributed by atoms with Gasteiger partial charge in [0, 0.05) is 56.0 Å². The Morgan fingerprint density at radius 3 is 2.48 bits per heavy atom. The first-order valence-corrected chi connectivity index (χ1v) is 22.2. The summed E-state index contributed by atoms with van der Waals surface area (Å²) in [6, 6.07) is 19.4. The number of hydrogen-bond acceptors (Lipinski definition) is 13. The van der Waals surface area contributed by atoms with E-state index in [1.54, 1.807) is 14.0 Å². The molecule has 0 radical (unpaired) electrons. The fourth-order valence-corrected chi connectivity index (χ4v) is 9.06. The minimum Gasteiger partial charge on any atom is -0.457 e. The molecule has 3 fully saturated rings. The number of anilines is 3. The molecule has 7 heterocycles. The smallest absolute Gasteiger partial charge is 0.251 e. The monoisotopic (exact) mass is 891 g/mol. The molecule has 2 aliphatic heterocycles. The summed E-state index contributed by atoms with van der Waals surface area (Å²) < 4.78 is 41.3. The van der Waals surface area contributed by atoms with Crippen molar-refractivity contribution in [2.45, 2.75) is 50.7 Å². The van der Waals surface area contributed by atoms with Crippen LogP contribution in [0.1, 0.15) is 49.0 Å². The number of nitrogens with one attached hydrogen (secondary N) is 1. The Morgan fingerprint density at radius 2 is 1.70 bits per heavy atom. The van der Waals surface area contributed by atoms with Crippen molar-refractivity contribution in [1.29, 1.82) is 0 Å². The number of nitrogens with zero attached hydrogens (tertiary/aromatic N) is 13. The average Bonchev–Trinajstić information content (AvgIpc) is 3.81. The fourth-order valence-electron chi connectivity index (χ4n) is 9.06. The highest BCUT2D eigenvalue weighted by Gasteiger charge is 2.32. The molecule has 3 N–H and O–H groups in total. The zero-order valence-electron chi connectivity index (χ0n) is 36.3. The summed E-state index contributed by atoms with van der Waals surface area (Å²) >= 11 is 0. The van der Waals surface area contributed by atoms with Gasteiger partial charge >= 0.3 is 0 Å². The maximum absolute atomic E-state index is 15.4. The molecule has 19 heteroatoms. The van der Waals surface area contributed by atoms with Gasteiger partial charge in [0.15, 0.2) is 22.9 Å². The summed E-state index contributed by atoms with van der Waals surface area (Å²) in [6.07, 6.45) is 6.86. The minimum absolute atomic E-state index is 0.0273. The van der Waals surface area contributed by atoms with E-state index in [1.165, 1.54) is 12.4 Å². The van der Waals surface area contributed by atoms with Gasteiger partial charge < -0.3 is 35.1 Å². The van der Waals surface area contributed by atoms with Crippen molar-refractivity contribution >= 4 is 51.3 Å². The molecule has 1 amide bonds. The van der Waals surface area contributed by atoms with Crippen molar-refractivity contribution in [2.24, 2.45) is 0 Å². The van der Waals surface area contributed by atoms with E-state index in [-0.39, 0.29) is 36.1 Å². The number of para-hydroxylation sites is 1. The SMILES string of the molecule is C=C(Cn1c(CNc2nc(N3CCN(C)CC3)nc3c(C4CC4)cnn23)nc2c(F)c(F)ccc21)C(=O)N1CCC[C@@H](n2nc(-c3ccc(Oc4ccccc4)cc3)c3c(N)ncnc32)C1. The number of rotatable bonds is 12. The Kier molecular flexibility index (Phi) is 10.5. The molecule has 2 saturated heterocycles. The lowest BCUT2D eigenvalue weighted by Gasteiger charge is -2.33. The number of piperidine rings is 1. The largest absolute Gasteiger partial charge is 0.457 e. The molecule has 3 aromatic carbocycles. The number of likely N-dealkylation sites (tertiary alicyclic amines) is 1. The van der Waals surface area contributed by atoms with Crippen LogP contribution in [0.15, 0.2) is 91.4 Å². The number of halogens is 2. The molecule has 1 saturated carbocycles. The topological polar surface area (TPSA) is 179 Å². The van der Waals surface area contributed by atoms with E-state index in [4.69, 9.17) is 25.5 Å². The van der Waals surface area contributed by atoms with Crippen molar-refractivity contribution in [3.8, 4) is 22.8 Å². The Morgan fingerprint density at radius 1 is 0.909 bits per heavy atom. The van der Waals surface area contributed by atoms with Gasteiger partial charge in [-0.3, -0.25) is 4.79 Å². The van der Waals surface area contributed by atoms with Crippen LogP contribution in [0.3, 0.4) is 0 Å². The standard InChI is InChI=1S/C47H47F2N15O2/c1-28(45(65)61-18-6-7-31(26-61)63-44-38(42(50)52-27-53-44)40(58-63)30-12-14-33(15-13-30)66-32-8-4-3-5-9-32)25-62-36-17-16-35(48)39(49)41(36)55-37(62)24-51-46-57-47(60-21-19-59(2)20-22-60)56-43-34(29-10-11-29)23-54-64(43)46/h3-5,8-9,12-17,23,27,29,31H,1,6-7,10-11,18-22,24-26H2,2H3,(H2,50,52,53)(H,51,56,57)/t31-/m1/s1. The summed E-state index contributed by atoms with van der Waals surface area (Å²) in [5.41, 5.74) is 10.7. The number of hydrogen-bond donors (Lipinski definition) is 2. The lowest BCUT2D eigenvalue weighted by molar-refractivity contribution is -0.129. The van der Waals surface area contributed by atoms with E-state index in [0.717, 1.165) is 74.0 Å². The normalized spacial score (nSPS) is 17.0. The molecule has 8 aromatic rings. The third-order valence-corrected chi connectivity index (χ3v) is 12.8. The molecule has 1 atom stereocenters. The second kappa shape index (κ2) is 16.8. The summed E-state index contributed by atoms with van der Waals surface area (Å²) in [5, 5.41) is 13.7. The van der Waals surface area contributed by atoms with Crippen LogP contribution < -0.4 is 20.7 Å². The second-order valence-corrected chi connectivity index (χ2v) is 17.3. The van der Waals surface area contributed by atoms with E-state index in [9.17, 15) is 9.18 Å². The number of imidazole rings is 1. The zero-order valence-corrected chi connectivity index (χ0v) is 36.3. The number of piperazine rings is 1. The molecule has 3 aliphatic rings. The van der Waals surface area contributed by atoms with Crippen LogP contribution in [0.4, 0.5) is 26.5 Å². The number of amides is 1. The van der Waals surface area contributed by atoms with Gasteiger partial charge in [-0.05, 0) is 87.2 Å². The van der Waals surface area contributed by atoms with Gasteiger partial charge in [-0.1, -0.05) is 24.8 Å². The van der Waals surface area contributed by atoms with E-state index in [2.05, 4.69) is 48.8 Å². The predicted octanol–water partition coefficient (Wildman–Crippen LogP) is 6.59. The van der Waals surface area contributed by atoms with Crippen molar-refractivity contribution in [3.05, 3.63) is 114 Å². The number of nitrogens with two attached hydrogens (primary N) is 1. The van der Waals surface area contributed by atoms with Crippen molar-refractivity contribution in [2.75, 3.05) is 62.3 Å². The van der Waals surface area contributed by atoms with Crippen LogP contribution in [0.25, 0.3) is 39.0 Å². The Hall–Kier alpha value is -7.54. The molecule has 5 aromatic heterocycles. The average molecular weight is 892 g/mol. The van der Waals surface area contributed by atoms with Crippen LogP contribution in [-0.4, -0.2) is 111 Å². The van der Waals surface area contributed by atoms with E-state index >= 15 is 4.39 Å². The maximum atomic E-state index is 15.4. The second-order valence-electron chi connectivity index (χ2n) is 17.3. The quantitative estimate of drug-likeness (QED) is 0.126. The molecule has 336 valence electrons. The summed E-state index contributed by atoms with van der Waals surface area (Å²) in [5.74, 6) is 1.12. The van der Waals surface area contributed by atoms with Gasteiger partial charge in [0.05, 0.1) is 36.2 Å². The van der Waals surface area contributed by atoms with E-state index in [0.29, 0.717) is 77.0 Å². The van der Waals surface area contributed by atoms with Gasteiger partial charge in [0.2, 0.25) is 11.9 Å². The third-order valence-electron chi connectivity index (χ3n) is 12.8. The number of carbonyl (C=O) groups excluding carboxylic acids is 1. The molecule has 0 bridgehead atoms. The number of carbonyl (C=O) groups is 1. The van der Waals surface area contributed by atoms with E-state index in [1.807, 2.05) is 65.5 Å². The first-order chi connectivity index (χ1) is 32.2.